The highest BCUT2D eigenvalue weighted by atomic mass is 35.5. The van der Waals surface area contributed by atoms with Gasteiger partial charge in [-0.15, -0.1) is 0 Å². The topological polar surface area (TPSA) is 21.3 Å². The van der Waals surface area contributed by atoms with Crippen molar-refractivity contribution in [3.05, 3.63) is 28.8 Å². The fourth-order valence-electron chi connectivity index (χ4n) is 3.09. The van der Waals surface area contributed by atoms with Crippen molar-refractivity contribution in [3.63, 3.8) is 0 Å². The first-order valence-corrected chi connectivity index (χ1v) is 8.67. The Hall–Kier alpha value is -0.730. The van der Waals surface area contributed by atoms with Gasteiger partial charge in [-0.2, -0.15) is 0 Å². The van der Waals surface area contributed by atoms with Gasteiger partial charge in [0.1, 0.15) is 11.9 Å². The number of ether oxygens (including phenoxy) is 1. The van der Waals surface area contributed by atoms with Gasteiger partial charge in [0.15, 0.2) is 0 Å². The van der Waals surface area contributed by atoms with Crippen molar-refractivity contribution in [2.24, 2.45) is 5.92 Å². The standard InChI is InChI=1S/C18H28ClNO/c1-4-14-8-5-6-11-17(14)21-18-15(12-20-13(2)3)9-7-10-16(18)19/h7,9-10,13-14,17,20H,4-6,8,11-12H2,1-3H3. The molecule has 3 heteroatoms. The maximum Gasteiger partial charge on any atom is 0.142 e. The number of para-hydroxylation sites is 1. The van der Waals surface area contributed by atoms with E-state index in [-0.39, 0.29) is 0 Å². The van der Waals surface area contributed by atoms with Gasteiger partial charge in [-0.25, -0.2) is 0 Å². The van der Waals surface area contributed by atoms with Gasteiger partial charge in [0.25, 0.3) is 0 Å². The lowest BCUT2D eigenvalue weighted by atomic mass is 9.84. The number of halogens is 1. The third-order valence-electron chi connectivity index (χ3n) is 4.38. The quantitative estimate of drug-likeness (QED) is 0.781. The van der Waals surface area contributed by atoms with E-state index < -0.39 is 0 Å². The zero-order chi connectivity index (χ0) is 15.2. The Bertz CT molecular complexity index is 447. The molecular weight excluding hydrogens is 282 g/mol. The van der Waals surface area contributed by atoms with Crippen LogP contribution in [0.25, 0.3) is 0 Å². The van der Waals surface area contributed by atoms with Crippen LogP contribution >= 0.6 is 11.6 Å². The van der Waals surface area contributed by atoms with E-state index in [1.54, 1.807) is 0 Å². The molecule has 0 bridgehead atoms. The second kappa shape index (κ2) is 8.05. The van der Waals surface area contributed by atoms with Crippen molar-refractivity contribution < 1.29 is 4.74 Å². The average Bonchev–Trinajstić information content (AvgIpc) is 2.48. The first-order valence-electron chi connectivity index (χ1n) is 8.29. The highest BCUT2D eigenvalue weighted by Crippen LogP contribution is 2.35. The van der Waals surface area contributed by atoms with Crippen LogP contribution in [-0.2, 0) is 6.54 Å². The third kappa shape index (κ3) is 4.62. The summed E-state index contributed by atoms with van der Waals surface area (Å²) in [6.07, 6.45) is 6.55. The Morgan fingerprint density at radius 1 is 1.29 bits per heavy atom. The zero-order valence-electron chi connectivity index (χ0n) is 13.5. The summed E-state index contributed by atoms with van der Waals surface area (Å²) in [7, 11) is 0. The monoisotopic (exact) mass is 309 g/mol. The maximum atomic E-state index is 6.40. The maximum absolute atomic E-state index is 6.40. The van der Waals surface area contributed by atoms with E-state index in [1.165, 1.54) is 25.7 Å². The van der Waals surface area contributed by atoms with E-state index in [0.29, 0.717) is 18.1 Å². The Kier molecular flexibility index (Phi) is 6.38. The van der Waals surface area contributed by atoms with Gasteiger partial charge in [0.2, 0.25) is 0 Å². The summed E-state index contributed by atoms with van der Waals surface area (Å²) in [4.78, 5) is 0. The molecule has 0 aromatic heterocycles. The molecule has 0 heterocycles. The molecule has 0 saturated heterocycles. The lowest BCUT2D eigenvalue weighted by molar-refractivity contribution is 0.0893. The Labute approximate surface area is 134 Å². The fourth-order valence-corrected chi connectivity index (χ4v) is 3.32. The summed E-state index contributed by atoms with van der Waals surface area (Å²) in [6.45, 7) is 7.37. The summed E-state index contributed by atoms with van der Waals surface area (Å²) < 4.78 is 6.38. The molecule has 0 amide bonds. The molecule has 1 N–H and O–H groups in total. The summed E-state index contributed by atoms with van der Waals surface area (Å²) in [5, 5.41) is 4.19. The molecule has 2 unspecified atom stereocenters. The summed E-state index contributed by atoms with van der Waals surface area (Å²) in [5.41, 5.74) is 1.16. The van der Waals surface area contributed by atoms with E-state index in [0.717, 1.165) is 29.3 Å². The Balaban J connectivity index is 2.13. The minimum Gasteiger partial charge on any atom is -0.488 e. The fraction of sp³-hybridized carbons (Fsp3) is 0.667. The summed E-state index contributed by atoms with van der Waals surface area (Å²) >= 11 is 6.40. The molecule has 1 aliphatic carbocycles. The minimum absolute atomic E-state index is 0.321. The van der Waals surface area contributed by atoms with Gasteiger partial charge in [-0.1, -0.05) is 50.9 Å². The number of benzene rings is 1. The molecule has 2 atom stereocenters. The highest BCUT2D eigenvalue weighted by Gasteiger charge is 2.26. The number of rotatable bonds is 6. The minimum atomic E-state index is 0.321. The van der Waals surface area contributed by atoms with Gasteiger partial charge in [-0.3, -0.25) is 0 Å². The molecular formula is C18H28ClNO. The molecule has 1 aromatic rings. The number of hydrogen-bond acceptors (Lipinski definition) is 2. The second-order valence-electron chi connectivity index (χ2n) is 6.37. The molecule has 118 valence electrons. The van der Waals surface area contributed by atoms with Crippen molar-refractivity contribution in [3.8, 4) is 5.75 Å². The largest absolute Gasteiger partial charge is 0.488 e. The van der Waals surface area contributed by atoms with Gasteiger partial charge in [-0.05, 0) is 37.7 Å². The Morgan fingerprint density at radius 2 is 2.05 bits per heavy atom. The third-order valence-corrected chi connectivity index (χ3v) is 4.68. The van der Waals surface area contributed by atoms with Crippen molar-refractivity contribution in [2.75, 3.05) is 0 Å². The number of nitrogens with one attached hydrogen (secondary N) is 1. The summed E-state index contributed by atoms with van der Waals surface area (Å²) in [5.74, 6) is 1.55. The van der Waals surface area contributed by atoms with Gasteiger partial charge in [0.05, 0.1) is 5.02 Å². The Morgan fingerprint density at radius 3 is 2.76 bits per heavy atom. The molecule has 1 fully saturated rings. The first kappa shape index (κ1) is 16.6. The highest BCUT2D eigenvalue weighted by molar-refractivity contribution is 6.32. The molecule has 2 nitrogen and oxygen atoms in total. The van der Waals surface area contributed by atoms with Crippen molar-refractivity contribution >= 4 is 11.6 Å². The van der Waals surface area contributed by atoms with E-state index in [4.69, 9.17) is 16.3 Å². The van der Waals surface area contributed by atoms with Crippen LogP contribution in [0.15, 0.2) is 18.2 Å². The number of hydrogen-bond donors (Lipinski definition) is 1. The van der Waals surface area contributed by atoms with Crippen LogP contribution in [0.4, 0.5) is 0 Å². The molecule has 1 aliphatic rings. The van der Waals surface area contributed by atoms with Crippen LogP contribution in [0.1, 0.15) is 58.4 Å². The lowest BCUT2D eigenvalue weighted by Crippen LogP contribution is -2.30. The molecule has 2 rings (SSSR count). The SMILES string of the molecule is CCC1CCCCC1Oc1c(Cl)cccc1CNC(C)C. The van der Waals surface area contributed by atoms with E-state index in [1.807, 2.05) is 12.1 Å². The van der Waals surface area contributed by atoms with Crippen molar-refractivity contribution in [1.82, 2.24) is 5.32 Å². The predicted molar refractivity (Wildman–Crippen MR) is 90.1 cm³/mol. The molecule has 1 saturated carbocycles. The van der Waals surface area contributed by atoms with Crippen LogP contribution in [-0.4, -0.2) is 12.1 Å². The normalized spacial score (nSPS) is 22.5. The van der Waals surface area contributed by atoms with E-state index >= 15 is 0 Å². The first-order chi connectivity index (χ1) is 10.1. The predicted octanol–water partition coefficient (Wildman–Crippen LogP) is 5.19. The average molecular weight is 310 g/mol. The summed E-state index contributed by atoms with van der Waals surface area (Å²) in [6, 6.07) is 6.50. The van der Waals surface area contributed by atoms with E-state index in [2.05, 4.69) is 32.2 Å². The smallest absolute Gasteiger partial charge is 0.142 e. The zero-order valence-corrected chi connectivity index (χ0v) is 14.2. The van der Waals surface area contributed by atoms with Crippen LogP contribution in [0.5, 0.6) is 5.75 Å². The molecule has 0 aliphatic heterocycles. The molecule has 1 aromatic carbocycles. The van der Waals surface area contributed by atoms with Gasteiger partial charge < -0.3 is 10.1 Å². The molecule has 0 spiro atoms. The lowest BCUT2D eigenvalue weighted by Gasteiger charge is -2.32. The van der Waals surface area contributed by atoms with Gasteiger partial charge >= 0.3 is 0 Å². The molecule has 0 radical (unpaired) electrons. The van der Waals surface area contributed by atoms with Crippen LogP contribution in [0.2, 0.25) is 5.02 Å². The van der Waals surface area contributed by atoms with Crippen molar-refractivity contribution in [2.45, 2.75) is 71.6 Å². The second-order valence-corrected chi connectivity index (χ2v) is 6.78. The van der Waals surface area contributed by atoms with Crippen LogP contribution < -0.4 is 10.1 Å². The van der Waals surface area contributed by atoms with Crippen LogP contribution in [0, 0.1) is 5.92 Å². The van der Waals surface area contributed by atoms with Crippen molar-refractivity contribution in [1.29, 1.82) is 0 Å². The van der Waals surface area contributed by atoms with Crippen LogP contribution in [0.3, 0.4) is 0 Å². The van der Waals surface area contributed by atoms with Gasteiger partial charge in [0, 0.05) is 18.2 Å². The molecule has 21 heavy (non-hydrogen) atoms. The van der Waals surface area contributed by atoms with E-state index in [9.17, 15) is 0 Å².